The van der Waals surface area contributed by atoms with Crippen molar-refractivity contribution in [2.75, 3.05) is 20.1 Å². The van der Waals surface area contributed by atoms with E-state index >= 15 is 0 Å². The number of nitrogens with one attached hydrogen (secondary N) is 2. The monoisotopic (exact) mass is 230 g/mol. The third-order valence-corrected chi connectivity index (χ3v) is 2.92. The molecule has 0 aromatic rings. The third kappa shape index (κ3) is 6.83. The van der Waals surface area contributed by atoms with Crippen LogP contribution in [0, 0.1) is 11.8 Å². The molecule has 0 saturated carbocycles. The van der Waals surface area contributed by atoms with Crippen LogP contribution in [0.3, 0.4) is 0 Å². The maximum atomic E-state index is 13.7. The summed E-state index contributed by atoms with van der Waals surface area (Å²) in [6.45, 7) is 11.3. The van der Waals surface area contributed by atoms with Crippen LogP contribution in [0.25, 0.3) is 0 Å². The van der Waals surface area contributed by atoms with E-state index < -0.39 is 6.17 Å². The van der Waals surface area contributed by atoms with Gasteiger partial charge in [0.25, 0.3) is 0 Å². The minimum absolute atomic E-state index is 0.112. The Morgan fingerprint density at radius 2 is 1.94 bits per heavy atom. The molecule has 0 bridgehead atoms. The number of allylic oxidation sites excluding steroid dienone is 1. The van der Waals surface area contributed by atoms with E-state index in [-0.39, 0.29) is 5.92 Å². The fraction of sp³-hybridized carbons (Fsp3) is 0.846. The first-order chi connectivity index (χ1) is 7.49. The summed E-state index contributed by atoms with van der Waals surface area (Å²) in [5.41, 5.74) is 0.921. The Kier molecular flexibility index (Phi) is 8.26. The van der Waals surface area contributed by atoms with E-state index in [9.17, 15) is 4.39 Å². The first-order valence-corrected chi connectivity index (χ1v) is 6.20. The molecule has 96 valence electrons. The molecule has 0 radical (unpaired) electrons. The molecule has 16 heavy (non-hydrogen) atoms. The summed E-state index contributed by atoms with van der Waals surface area (Å²) in [6.07, 6.45) is 1.17. The second-order valence-electron chi connectivity index (χ2n) is 4.80. The van der Waals surface area contributed by atoms with E-state index in [0.717, 1.165) is 25.1 Å². The van der Waals surface area contributed by atoms with Gasteiger partial charge in [-0.25, -0.2) is 4.39 Å². The van der Waals surface area contributed by atoms with Gasteiger partial charge in [0.15, 0.2) is 0 Å². The molecule has 0 aromatic heterocycles. The summed E-state index contributed by atoms with van der Waals surface area (Å²) >= 11 is 0. The summed E-state index contributed by atoms with van der Waals surface area (Å²) in [7, 11) is 1.92. The highest BCUT2D eigenvalue weighted by Gasteiger charge is 2.16. The summed E-state index contributed by atoms with van der Waals surface area (Å²) in [5.74, 6) is 0.479. The van der Waals surface area contributed by atoms with Gasteiger partial charge in [-0.1, -0.05) is 27.4 Å². The molecule has 2 atom stereocenters. The van der Waals surface area contributed by atoms with E-state index in [1.807, 2.05) is 14.0 Å². The van der Waals surface area contributed by atoms with Crippen molar-refractivity contribution in [1.82, 2.24) is 10.6 Å². The molecule has 3 heteroatoms. The van der Waals surface area contributed by atoms with Crippen LogP contribution in [0.15, 0.2) is 12.3 Å². The lowest BCUT2D eigenvalue weighted by Crippen LogP contribution is -2.29. The van der Waals surface area contributed by atoms with Gasteiger partial charge in [-0.3, -0.25) is 0 Å². The predicted molar refractivity (Wildman–Crippen MR) is 69.2 cm³/mol. The van der Waals surface area contributed by atoms with Gasteiger partial charge in [0.05, 0.1) is 0 Å². The molecule has 0 spiro atoms. The van der Waals surface area contributed by atoms with Gasteiger partial charge >= 0.3 is 0 Å². The highest BCUT2D eigenvalue weighted by Crippen LogP contribution is 2.14. The minimum Gasteiger partial charge on any atom is -0.386 e. The second kappa shape index (κ2) is 8.57. The van der Waals surface area contributed by atoms with Crippen molar-refractivity contribution in [2.45, 2.75) is 39.8 Å². The van der Waals surface area contributed by atoms with E-state index in [1.165, 1.54) is 0 Å². The van der Waals surface area contributed by atoms with E-state index in [0.29, 0.717) is 12.5 Å². The molecule has 0 heterocycles. The lowest BCUT2D eigenvalue weighted by Gasteiger charge is -2.19. The van der Waals surface area contributed by atoms with Crippen LogP contribution in [0.1, 0.15) is 33.6 Å². The second-order valence-corrected chi connectivity index (χ2v) is 4.80. The van der Waals surface area contributed by atoms with Gasteiger partial charge in [0.1, 0.15) is 6.17 Å². The Morgan fingerprint density at radius 3 is 2.44 bits per heavy atom. The van der Waals surface area contributed by atoms with Crippen LogP contribution in [0.5, 0.6) is 0 Å². The largest absolute Gasteiger partial charge is 0.386 e. The van der Waals surface area contributed by atoms with Gasteiger partial charge in [-0.05, 0) is 38.3 Å². The Labute approximate surface area is 99.7 Å². The van der Waals surface area contributed by atoms with Gasteiger partial charge in [0, 0.05) is 12.2 Å². The standard InChI is InChI=1S/C13H27FN2/c1-10(2)12(4)16-9-13(14)11(3)7-6-8-15-5/h10-11,13,15-16H,4,6-9H2,1-3,5H3. The van der Waals surface area contributed by atoms with Crippen molar-refractivity contribution < 1.29 is 4.39 Å². The summed E-state index contributed by atoms with van der Waals surface area (Å²) in [5, 5.41) is 6.14. The van der Waals surface area contributed by atoms with Crippen molar-refractivity contribution in [3.63, 3.8) is 0 Å². The zero-order valence-corrected chi connectivity index (χ0v) is 11.1. The topological polar surface area (TPSA) is 24.1 Å². The zero-order valence-electron chi connectivity index (χ0n) is 11.1. The molecule has 0 rings (SSSR count). The Hall–Kier alpha value is -0.570. The third-order valence-electron chi connectivity index (χ3n) is 2.92. The van der Waals surface area contributed by atoms with Crippen molar-refractivity contribution in [2.24, 2.45) is 11.8 Å². The zero-order chi connectivity index (χ0) is 12.6. The quantitative estimate of drug-likeness (QED) is 0.595. The molecule has 0 aliphatic heterocycles. The summed E-state index contributed by atoms with van der Waals surface area (Å²) in [4.78, 5) is 0. The van der Waals surface area contributed by atoms with Crippen LogP contribution in [-0.2, 0) is 0 Å². The number of alkyl halides is 1. The van der Waals surface area contributed by atoms with Crippen LogP contribution in [-0.4, -0.2) is 26.3 Å². The summed E-state index contributed by atoms with van der Waals surface area (Å²) in [6, 6.07) is 0. The molecule has 0 aliphatic carbocycles. The predicted octanol–water partition coefficient (Wildman–Crippen LogP) is 2.72. The molecular weight excluding hydrogens is 203 g/mol. The molecule has 0 saturated heterocycles. The molecule has 2 nitrogen and oxygen atoms in total. The van der Waals surface area contributed by atoms with Crippen LogP contribution in [0.4, 0.5) is 4.39 Å². The smallest absolute Gasteiger partial charge is 0.120 e. The minimum atomic E-state index is -0.785. The lowest BCUT2D eigenvalue weighted by molar-refractivity contribution is 0.225. The van der Waals surface area contributed by atoms with Gasteiger partial charge in [-0.15, -0.1) is 0 Å². The molecule has 0 amide bonds. The maximum Gasteiger partial charge on any atom is 0.120 e. The van der Waals surface area contributed by atoms with Crippen molar-refractivity contribution >= 4 is 0 Å². The first-order valence-electron chi connectivity index (χ1n) is 6.20. The molecule has 0 aliphatic rings. The van der Waals surface area contributed by atoms with Crippen molar-refractivity contribution in [3.05, 3.63) is 12.3 Å². The summed E-state index contributed by atoms with van der Waals surface area (Å²) < 4.78 is 13.7. The molecule has 0 aromatic carbocycles. The van der Waals surface area contributed by atoms with Crippen LogP contribution >= 0.6 is 0 Å². The normalized spacial score (nSPS) is 14.9. The van der Waals surface area contributed by atoms with E-state index in [2.05, 4.69) is 31.1 Å². The van der Waals surface area contributed by atoms with Crippen LogP contribution < -0.4 is 10.6 Å². The number of halogens is 1. The molecular formula is C13H27FN2. The average molecular weight is 230 g/mol. The Balaban J connectivity index is 3.70. The molecule has 0 fully saturated rings. The van der Waals surface area contributed by atoms with Gasteiger partial charge in [0.2, 0.25) is 0 Å². The van der Waals surface area contributed by atoms with Crippen molar-refractivity contribution in [1.29, 1.82) is 0 Å². The van der Waals surface area contributed by atoms with Crippen molar-refractivity contribution in [3.8, 4) is 0 Å². The maximum absolute atomic E-state index is 13.7. The highest BCUT2D eigenvalue weighted by atomic mass is 19.1. The van der Waals surface area contributed by atoms with E-state index in [1.54, 1.807) is 0 Å². The SMILES string of the molecule is C=C(NCC(F)C(C)CCCNC)C(C)C. The molecule has 2 unspecified atom stereocenters. The fourth-order valence-corrected chi connectivity index (χ4v) is 1.42. The highest BCUT2D eigenvalue weighted by molar-refractivity contribution is 4.95. The van der Waals surface area contributed by atoms with Gasteiger partial charge < -0.3 is 10.6 Å². The number of rotatable bonds is 9. The molecule has 2 N–H and O–H groups in total. The van der Waals surface area contributed by atoms with E-state index in [4.69, 9.17) is 0 Å². The first kappa shape index (κ1) is 15.4. The van der Waals surface area contributed by atoms with Gasteiger partial charge in [-0.2, -0.15) is 0 Å². The number of hydrogen-bond donors (Lipinski definition) is 2. The Morgan fingerprint density at radius 1 is 1.31 bits per heavy atom. The lowest BCUT2D eigenvalue weighted by atomic mass is 9.99. The average Bonchev–Trinajstić information content (AvgIpc) is 2.25. The fourth-order valence-electron chi connectivity index (χ4n) is 1.42. The number of hydrogen-bond acceptors (Lipinski definition) is 2. The Bertz CT molecular complexity index is 192. The van der Waals surface area contributed by atoms with Crippen LogP contribution in [0.2, 0.25) is 0 Å².